The second-order valence-corrected chi connectivity index (χ2v) is 4.71. The van der Waals surface area contributed by atoms with Gasteiger partial charge in [0.05, 0.1) is 6.10 Å². The van der Waals surface area contributed by atoms with Gasteiger partial charge in [0.25, 0.3) is 0 Å². The number of aliphatic hydroxyl groups excluding tert-OH is 1. The largest absolute Gasteiger partial charge is 0.392 e. The molecule has 1 aromatic rings. The van der Waals surface area contributed by atoms with Crippen LogP contribution in [0.3, 0.4) is 0 Å². The molecule has 0 radical (unpaired) electrons. The third-order valence-electron chi connectivity index (χ3n) is 2.66. The second kappa shape index (κ2) is 3.19. The molecule has 1 aromatic heterocycles. The average molecular weight is 182 g/mol. The number of hydrogen-bond acceptors (Lipinski definition) is 2. The Bertz CT molecular complexity index is 267. The quantitative estimate of drug-likeness (QED) is 0.708. The van der Waals surface area contributed by atoms with Crippen molar-refractivity contribution in [2.24, 2.45) is 0 Å². The van der Waals surface area contributed by atoms with Gasteiger partial charge in [0, 0.05) is 10.8 Å². The highest BCUT2D eigenvalue weighted by Gasteiger charge is 2.26. The first kappa shape index (κ1) is 8.27. The first-order valence-corrected chi connectivity index (χ1v) is 5.38. The topological polar surface area (TPSA) is 20.2 Å². The van der Waals surface area contributed by atoms with Crippen molar-refractivity contribution in [1.82, 2.24) is 0 Å². The number of hydrogen-bond donors (Lipinski definition) is 1. The Kier molecular flexibility index (Phi) is 2.20. The normalized spacial score (nSPS) is 29.5. The Morgan fingerprint density at radius 2 is 2.33 bits per heavy atom. The van der Waals surface area contributed by atoms with E-state index < -0.39 is 0 Å². The Balaban J connectivity index is 2.19. The molecule has 2 atom stereocenters. The fourth-order valence-corrected chi connectivity index (χ4v) is 2.76. The van der Waals surface area contributed by atoms with E-state index in [1.54, 1.807) is 11.3 Å². The van der Waals surface area contributed by atoms with Crippen molar-refractivity contribution < 1.29 is 5.11 Å². The second-order valence-electron chi connectivity index (χ2n) is 3.60. The van der Waals surface area contributed by atoms with Gasteiger partial charge in [-0.3, -0.25) is 0 Å². The van der Waals surface area contributed by atoms with Gasteiger partial charge >= 0.3 is 0 Å². The van der Waals surface area contributed by atoms with Crippen LogP contribution in [0.15, 0.2) is 11.4 Å². The minimum absolute atomic E-state index is 0.0843. The Hall–Kier alpha value is -0.340. The molecule has 1 aliphatic carbocycles. The molecule has 0 bridgehead atoms. The van der Waals surface area contributed by atoms with Crippen molar-refractivity contribution in [3.63, 3.8) is 0 Å². The zero-order valence-electron chi connectivity index (χ0n) is 7.29. The third kappa shape index (κ3) is 1.41. The van der Waals surface area contributed by atoms with Crippen LogP contribution in [-0.2, 0) is 0 Å². The molecule has 1 saturated carbocycles. The van der Waals surface area contributed by atoms with Gasteiger partial charge < -0.3 is 5.11 Å². The van der Waals surface area contributed by atoms with E-state index in [-0.39, 0.29) is 6.10 Å². The Labute approximate surface area is 77.0 Å². The number of rotatable bonds is 1. The average Bonchev–Trinajstić information content (AvgIpc) is 2.58. The summed E-state index contributed by atoms with van der Waals surface area (Å²) in [7, 11) is 0. The van der Waals surface area contributed by atoms with Gasteiger partial charge in [-0.05, 0) is 36.8 Å². The molecule has 1 aliphatic rings. The first-order valence-electron chi connectivity index (χ1n) is 4.50. The van der Waals surface area contributed by atoms with E-state index >= 15 is 0 Å². The van der Waals surface area contributed by atoms with Gasteiger partial charge in [0.1, 0.15) is 0 Å². The van der Waals surface area contributed by atoms with Crippen molar-refractivity contribution in [3.8, 4) is 0 Å². The Morgan fingerprint density at radius 1 is 1.50 bits per heavy atom. The lowest BCUT2D eigenvalue weighted by Gasteiger charge is -2.11. The molecule has 1 fully saturated rings. The number of thiophene rings is 1. The molecule has 2 rings (SSSR count). The fourth-order valence-electron chi connectivity index (χ4n) is 1.99. The van der Waals surface area contributed by atoms with Crippen LogP contribution in [0.4, 0.5) is 0 Å². The molecular weight excluding hydrogens is 168 g/mol. The Morgan fingerprint density at radius 3 is 2.83 bits per heavy atom. The van der Waals surface area contributed by atoms with E-state index in [1.165, 1.54) is 16.9 Å². The van der Waals surface area contributed by atoms with Gasteiger partial charge in [-0.25, -0.2) is 0 Å². The van der Waals surface area contributed by atoms with Crippen molar-refractivity contribution in [1.29, 1.82) is 0 Å². The van der Waals surface area contributed by atoms with Crippen LogP contribution in [0.25, 0.3) is 0 Å². The van der Waals surface area contributed by atoms with E-state index in [4.69, 9.17) is 0 Å². The maximum atomic E-state index is 9.66. The summed E-state index contributed by atoms with van der Waals surface area (Å²) in [4.78, 5) is 1.35. The van der Waals surface area contributed by atoms with Gasteiger partial charge in [-0.1, -0.05) is 6.42 Å². The van der Waals surface area contributed by atoms with E-state index in [0.29, 0.717) is 5.92 Å². The summed E-state index contributed by atoms with van der Waals surface area (Å²) in [6.07, 6.45) is 3.25. The van der Waals surface area contributed by atoms with Crippen LogP contribution >= 0.6 is 11.3 Å². The molecule has 1 nitrogen and oxygen atoms in total. The standard InChI is InChI=1S/C10H14OS/c1-7-5-8(6-12-7)9-3-2-4-10(9)11/h5-6,9-11H,2-4H2,1H3/t9-,10+/m0/s1. The van der Waals surface area contributed by atoms with Crippen LogP contribution in [0.1, 0.15) is 35.6 Å². The zero-order valence-corrected chi connectivity index (χ0v) is 8.10. The first-order chi connectivity index (χ1) is 5.77. The molecule has 0 spiro atoms. The molecule has 66 valence electrons. The van der Waals surface area contributed by atoms with Crippen molar-refractivity contribution in [2.45, 2.75) is 38.2 Å². The third-order valence-corrected chi connectivity index (χ3v) is 3.54. The molecule has 0 amide bonds. The van der Waals surface area contributed by atoms with Crippen LogP contribution < -0.4 is 0 Å². The predicted octanol–water partition coefficient (Wildman–Crippen LogP) is 2.68. The van der Waals surface area contributed by atoms with Gasteiger partial charge in [-0.2, -0.15) is 0 Å². The molecule has 1 heterocycles. The van der Waals surface area contributed by atoms with Crippen LogP contribution in [0, 0.1) is 6.92 Å². The minimum Gasteiger partial charge on any atom is -0.392 e. The summed E-state index contributed by atoms with van der Waals surface area (Å²) in [5.41, 5.74) is 1.35. The molecule has 2 heteroatoms. The van der Waals surface area contributed by atoms with Crippen molar-refractivity contribution in [2.75, 3.05) is 0 Å². The highest BCUT2D eigenvalue weighted by atomic mass is 32.1. The highest BCUT2D eigenvalue weighted by molar-refractivity contribution is 7.10. The van der Waals surface area contributed by atoms with E-state index in [9.17, 15) is 5.11 Å². The summed E-state index contributed by atoms with van der Waals surface area (Å²) in [6.45, 7) is 2.12. The van der Waals surface area contributed by atoms with Crippen LogP contribution in [-0.4, -0.2) is 11.2 Å². The van der Waals surface area contributed by atoms with E-state index in [2.05, 4.69) is 18.4 Å². The van der Waals surface area contributed by atoms with E-state index in [1.807, 2.05) is 0 Å². The zero-order chi connectivity index (χ0) is 8.55. The molecule has 0 aromatic carbocycles. The highest BCUT2D eigenvalue weighted by Crippen LogP contribution is 2.36. The fraction of sp³-hybridized carbons (Fsp3) is 0.600. The summed E-state index contributed by atoms with van der Waals surface area (Å²) >= 11 is 1.78. The minimum atomic E-state index is -0.0843. The smallest absolute Gasteiger partial charge is 0.0609 e. The number of aliphatic hydroxyl groups is 1. The summed E-state index contributed by atoms with van der Waals surface area (Å²) in [6, 6.07) is 2.21. The molecule has 0 aliphatic heterocycles. The maximum absolute atomic E-state index is 9.66. The lowest BCUT2D eigenvalue weighted by Crippen LogP contribution is -2.09. The van der Waals surface area contributed by atoms with Crippen molar-refractivity contribution in [3.05, 3.63) is 21.9 Å². The van der Waals surface area contributed by atoms with Gasteiger partial charge in [-0.15, -0.1) is 11.3 Å². The van der Waals surface area contributed by atoms with E-state index in [0.717, 1.165) is 12.8 Å². The monoisotopic (exact) mass is 182 g/mol. The lowest BCUT2D eigenvalue weighted by molar-refractivity contribution is 0.164. The van der Waals surface area contributed by atoms with Gasteiger partial charge in [0.2, 0.25) is 0 Å². The summed E-state index contributed by atoms with van der Waals surface area (Å²) in [5.74, 6) is 0.426. The molecule has 0 unspecified atom stereocenters. The van der Waals surface area contributed by atoms with Crippen LogP contribution in [0.2, 0.25) is 0 Å². The summed E-state index contributed by atoms with van der Waals surface area (Å²) in [5, 5.41) is 11.8. The van der Waals surface area contributed by atoms with Gasteiger partial charge in [0.15, 0.2) is 0 Å². The lowest BCUT2D eigenvalue weighted by atomic mass is 9.99. The molecular formula is C10H14OS. The maximum Gasteiger partial charge on any atom is 0.0609 e. The summed E-state index contributed by atoms with van der Waals surface area (Å²) < 4.78 is 0. The molecule has 12 heavy (non-hydrogen) atoms. The number of aryl methyl sites for hydroxylation is 1. The molecule has 0 saturated heterocycles. The SMILES string of the molecule is Cc1cc([C@@H]2CCC[C@H]2O)cs1. The molecule has 1 N–H and O–H groups in total. The predicted molar refractivity (Wildman–Crippen MR) is 51.7 cm³/mol. The van der Waals surface area contributed by atoms with Crippen LogP contribution in [0.5, 0.6) is 0 Å². The van der Waals surface area contributed by atoms with Crippen molar-refractivity contribution >= 4 is 11.3 Å².